The molecule has 0 bridgehead atoms. The van der Waals surface area contributed by atoms with Crippen LogP contribution in [0.1, 0.15) is 50.2 Å². The van der Waals surface area contributed by atoms with Crippen LogP contribution < -0.4 is 10.6 Å². The molecule has 170 valence electrons. The predicted octanol–water partition coefficient (Wildman–Crippen LogP) is 3.92. The first-order valence-electron chi connectivity index (χ1n) is 11.1. The first kappa shape index (κ1) is 23.3. The van der Waals surface area contributed by atoms with Gasteiger partial charge in [0.15, 0.2) is 0 Å². The van der Waals surface area contributed by atoms with Gasteiger partial charge >= 0.3 is 12.1 Å². The molecule has 2 aromatic rings. The number of carbonyl (C=O) groups excluding carboxylic acids is 2. The van der Waals surface area contributed by atoms with Gasteiger partial charge in [-0.25, -0.2) is 4.79 Å². The Balaban J connectivity index is 1.56. The number of benzene rings is 2. The maximum absolute atomic E-state index is 12.5. The van der Waals surface area contributed by atoms with Gasteiger partial charge in [-0.15, -0.1) is 0 Å². The Hall–Kier alpha value is -3.35. The molecule has 7 nitrogen and oxygen atoms in total. The van der Waals surface area contributed by atoms with Gasteiger partial charge in [0.2, 0.25) is 5.91 Å². The van der Waals surface area contributed by atoms with Crippen LogP contribution in [0.15, 0.2) is 48.5 Å². The van der Waals surface area contributed by atoms with Crippen molar-refractivity contribution in [3.8, 4) is 11.1 Å². The summed E-state index contributed by atoms with van der Waals surface area (Å²) in [5.74, 6) is -1.44. The lowest BCUT2D eigenvalue weighted by Gasteiger charge is -2.20. The third-order valence-electron chi connectivity index (χ3n) is 5.97. The molecular formula is C25H30N2O5. The molecule has 0 fully saturated rings. The second-order valence-corrected chi connectivity index (χ2v) is 8.05. The molecule has 0 saturated carbocycles. The van der Waals surface area contributed by atoms with Gasteiger partial charge in [0.25, 0.3) is 0 Å². The Kier molecular flexibility index (Phi) is 7.87. The second kappa shape index (κ2) is 10.8. The number of carboxylic acid groups (broad SMARTS) is 1. The van der Waals surface area contributed by atoms with Crippen molar-refractivity contribution in [1.29, 1.82) is 0 Å². The average Bonchev–Trinajstić information content (AvgIpc) is 3.12. The van der Waals surface area contributed by atoms with Crippen LogP contribution in [-0.2, 0) is 14.3 Å². The van der Waals surface area contributed by atoms with Crippen molar-refractivity contribution in [1.82, 2.24) is 10.6 Å². The summed E-state index contributed by atoms with van der Waals surface area (Å²) in [7, 11) is 0. The molecule has 0 saturated heterocycles. The smallest absolute Gasteiger partial charge is 0.407 e. The Labute approximate surface area is 188 Å². The highest BCUT2D eigenvalue weighted by atomic mass is 16.5. The lowest BCUT2D eigenvalue weighted by Crippen LogP contribution is -2.47. The first-order chi connectivity index (χ1) is 15.4. The summed E-state index contributed by atoms with van der Waals surface area (Å²) in [5.41, 5.74) is 4.54. The summed E-state index contributed by atoms with van der Waals surface area (Å²) in [5, 5.41) is 14.3. The zero-order valence-electron chi connectivity index (χ0n) is 18.5. The minimum atomic E-state index is -0.894. The lowest BCUT2D eigenvalue weighted by atomic mass is 9.98. The van der Waals surface area contributed by atoms with Crippen molar-refractivity contribution < 1.29 is 24.2 Å². The van der Waals surface area contributed by atoms with Gasteiger partial charge in [-0.2, -0.15) is 0 Å². The Morgan fingerprint density at radius 1 is 0.969 bits per heavy atom. The van der Waals surface area contributed by atoms with Crippen LogP contribution >= 0.6 is 0 Å². The van der Waals surface area contributed by atoms with E-state index in [4.69, 9.17) is 9.84 Å². The third-order valence-corrected chi connectivity index (χ3v) is 5.97. The monoisotopic (exact) mass is 438 g/mol. The first-order valence-corrected chi connectivity index (χ1v) is 11.1. The van der Waals surface area contributed by atoms with Crippen molar-refractivity contribution in [2.24, 2.45) is 5.92 Å². The number of carboxylic acids is 1. The molecule has 2 amide bonds. The molecule has 0 radical (unpaired) electrons. The fraction of sp³-hybridized carbons (Fsp3) is 0.400. The van der Waals surface area contributed by atoms with Crippen LogP contribution in [0.25, 0.3) is 11.1 Å². The van der Waals surface area contributed by atoms with E-state index < -0.39 is 18.1 Å². The summed E-state index contributed by atoms with van der Waals surface area (Å²) < 4.78 is 5.51. The van der Waals surface area contributed by atoms with E-state index in [1.54, 1.807) is 6.92 Å². The summed E-state index contributed by atoms with van der Waals surface area (Å²) in [6.45, 7) is 4.10. The number of hydrogen-bond acceptors (Lipinski definition) is 4. The summed E-state index contributed by atoms with van der Waals surface area (Å²) in [6.07, 6.45) is 0.383. The molecule has 2 aromatic carbocycles. The van der Waals surface area contributed by atoms with Gasteiger partial charge in [0, 0.05) is 18.9 Å². The third kappa shape index (κ3) is 5.46. The Morgan fingerprint density at radius 3 is 2.09 bits per heavy atom. The molecule has 7 heteroatoms. The summed E-state index contributed by atoms with van der Waals surface area (Å²) >= 11 is 0. The lowest BCUT2D eigenvalue weighted by molar-refractivity contribution is -0.138. The number of aliphatic carboxylic acids is 1. The molecule has 0 spiro atoms. The van der Waals surface area contributed by atoms with Gasteiger partial charge in [0.1, 0.15) is 12.6 Å². The number of amides is 2. The molecule has 2 atom stereocenters. The molecule has 0 aromatic heterocycles. The fourth-order valence-electron chi connectivity index (χ4n) is 4.11. The van der Waals surface area contributed by atoms with Crippen molar-refractivity contribution in [2.45, 2.75) is 45.1 Å². The number of nitrogens with one attached hydrogen (secondary N) is 2. The van der Waals surface area contributed by atoms with Crippen LogP contribution in [0.5, 0.6) is 0 Å². The van der Waals surface area contributed by atoms with E-state index in [-0.39, 0.29) is 37.3 Å². The van der Waals surface area contributed by atoms with Gasteiger partial charge in [-0.1, -0.05) is 68.8 Å². The molecule has 0 aliphatic heterocycles. The number of ether oxygens (including phenoxy) is 1. The zero-order chi connectivity index (χ0) is 23.1. The SMILES string of the molecule is CCC(CNC(=O)[C@@H](CC)NC(=O)OCC1c2ccccc2-c2ccccc21)CC(=O)O. The normalized spacial score (nSPS) is 14.1. The molecule has 3 N–H and O–H groups in total. The molecule has 0 heterocycles. The molecule has 1 aliphatic rings. The van der Waals surface area contributed by atoms with E-state index in [1.807, 2.05) is 43.3 Å². The van der Waals surface area contributed by atoms with Crippen LogP contribution in [0, 0.1) is 5.92 Å². The highest BCUT2D eigenvalue weighted by Gasteiger charge is 2.29. The fourth-order valence-corrected chi connectivity index (χ4v) is 4.11. The quantitative estimate of drug-likeness (QED) is 0.521. The molecule has 1 aliphatic carbocycles. The summed E-state index contributed by atoms with van der Waals surface area (Å²) in [4.78, 5) is 35.8. The van der Waals surface area contributed by atoms with E-state index in [9.17, 15) is 14.4 Å². The average molecular weight is 439 g/mol. The van der Waals surface area contributed by atoms with Crippen molar-refractivity contribution in [3.05, 3.63) is 59.7 Å². The maximum Gasteiger partial charge on any atom is 0.407 e. The second-order valence-electron chi connectivity index (χ2n) is 8.05. The van der Waals surface area contributed by atoms with Crippen LogP contribution in [0.2, 0.25) is 0 Å². The molecule has 32 heavy (non-hydrogen) atoms. The van der Waals surface area contributed by atoms with Crippen LogP contribution in [0.3, 0.4) is 0 Å². The predicted molar refractivity (Wildman–Crippen MR) is 121 cm³/mol. The van der Waals surface area contributed by atoms with E-state index in [2.05, 4.69) is 22.8 Å². The number of alkyl carbamates (subject to hydrolysis) is 1. The van der Waals surface area contributed by atoms with Crippen LogP contribution in [0.4, 0.5) is 4.79 Å². The Bertz CT molecular complexity index is 929. The van der Waals surface area contributed by atoms with Crippen molar-refractivity contribution in [2.75, 3.05) is 13.2 Å². The number of rotatable bonds is 10. The largest absolute Gasteiger partial charge is 0.481 e. The van der Waals surface area contributed by atoms with Crippen LogP contribution in [-0.4, -0.2) is 42.3 Å². The van der Waals surface area contributed by atoms with Crippen molar-refractivity contribution >= 4 is 18.0 Å². The molecule has 3 rings (SSSR count). The van der Waals surface area contributed by atoms with Gasteiger partial charge in [-0.3, -0.25) is 9.59 Å². The number of carbonyl (C=O) groups is 3. The highest BCUT2D eigenvalue weighted by Crippen LogP contribution is 2.44. The summed E-state index contributed by atoms with van der Waals surface area (Å²) in [6, 6.07) is 15.4. The topological polar surface area (TPSA) is 105 Å². The van der Waals surface area contributed by atoms with Gasteiger partial charge < -0.3 is 20.5 Å². The van der Waals surface area contributed by atoms with Crippen molar-refractivity contribution in [3.63, 3.8) is 0 Å². The molecular weight excluding hydrogens is 408 g/mol. The minimum absolute atomic E-state index is 0.00657. The number of hydrogen-bond donors (Lipinski definition) is 3. The molecule has 1 unspecified atom stereocenters. The number of fused-ring (bicyclic) bond motifs is 3. The minimum Gasteiger partial charge on any atom is -0.481 e. The van der Waals surface area contributed by atoms with E-state index in [0.29, 0.717) is 12.8 Å². The highest BCUT2D eigenvalue weighted by molar-refractivity contribution is 5.85. The van der Waals surface area contributed by atoms with Gasteiger partial charge in [-0.05, 0) is 34.6 Å². The Morgan fingerprint density at radius 2 is 1.56 bits per heavy atom. The zero-order valence-corrected chi connectivity index (χ0v) is 18.5. The van der Waals surface area contributed by atoms with E-state index in [1.165, 1.54) is 0 Å². The van der Waals surface area contributed by atoms with E-state index >= 15 is 0 Å². The van der Waals surface area contributed by atoms with Gasteiger partial charge in [0.05, 0.1) is 0 Å². The standard InChI is InChI=1S/C25H30N2O5/c1-3-16(13-23(28)29)14-26-24(30)22(4-2)27-25(31)32-15-21-19-11-7-5-9-17(19)18-10-6-8-12-20(18)21/h5-12,16,21-22H,3-4,13-15H2,1-2H3,(H,26,30)(H,27,31)(H,28,29)/t16?,22-/m1/s1. The van der Waals surface area contributed by atoms with E-state index in [0.717, 1.165) is 22.3 Å². The maximum atomic E-state index is 12.5.